The molecule has 0 atom stereocenters. The lowest BCUT2D eigenvalue weighted by molar-refractivity contribution is 1.01. The van der Waals surface area contributed by atoms with Crippen LogP contribution in [0.15, 0.2) is 36.4 Å². The molecule has 88 valence electrons. The smallest absolute Gasteiger partial charge is 0.145 e. The van der Waals surface area contributed by atoms with Gasteiger partial charge in [0.2, 0.25) is 0 Å². The minimum absolute atomic E-state index is 0.607. The van der Waals surface area contributed by atoms with Gasteiger partial charge in [-0.15, -0.1) is 0 Å². The first-order valence-corrected chi connectivity index (χ1v) is 5.32. The van der Waals surface area contributed by atoms with E-state index in [9.17, 15) is 0 Å². The Morgan fingerprint density at radius 1 is 1.18 bits per heavy atom. The predicted molar refractivity (Wildman–Crippen MR) is 69.1 cm³/mol. The lowest BCUT2D eigenvalue weighted by Crippen LogP contribution is -2.15. The minimum Gasteiger partial charge on any atom is -0.329 e. The highest BCUT2D eigenvalue weighted by Gasteiger charge is 2.07. The molecule has 1 aromatic carbocycles. The Labute approximate surface area is 100 Å². The molecule has 2 rings (SSSR count). The summed E-state index contributed by atoms with van der Waals surface area (Å²) in [5.41, 5.74) is 3.60. The Morgan fingerprint density at radius 2 is 1.88 bits per heavy atom. The SMILES string of the molecule is Cc1nc(NN)cc(N(C)c2ccccc2)n1. The Balaban J connectivity index is 2.37. The van der Waals surface area contributed by atoms with Gasteiger partial charge in [-0.25, -0.2) is 15.8 Å². The van der Waals surface area contributed by atoms with E-state index < -0.39 is 0 Å². The van der Waals surface area contributed by atoms with Gasteiger partial charge in [0, 0.05) is 18.8 Å². The molecule has 1 aromatic heterocycles. The second kappa shape index (κ2) is 4.80. The van der Waals surface area contributed by atoms with Gasteiger partial charge in [-0.2, -0.15) is 0 Å². The van der Waals surface area contributed by atoms with Crippen LogP contribution < -0.4 is 16.2 Å². The van der Waals surface area contributed by atoms with E-state index in [-0.39, 0.29) is 0 Å². The van der Waals surface area contributed by atoms with Gasteiger partial charge in [0.25, 0.3) is 0 Å². The number of nitrogens with two attached hydrogens (primary N) is 1. The van der Waals surface area contributed by atoms with Gasteiger partial charge < -0.3 is 10.3 Å². The molecule has 0 saturated carbocycles. The third-order valence-corrected chi connectivity index (χ3v) is 2.46. The Hall–Kier alpha value is -2.14. The molecule has 0 aliphatic heterocycles. The standard InChI is InChI=1S/C12H15N5/c1-9-14-11(16-13)8-12(15-9)17(2)10-6-4-3-5-7-10/h3-8H,13H2,1-2H3,(H,14,15,16). The van der Waals surface area contributed by atoms with Crippen LogP contribution in [0.2, 0.25) is 0 Å². The number of hydrogen-bond donors (Lipinski definition) is 2. The Bertz CT molecular complexity index is 498. The van der Waals surface area contributed by atoms with Gasteiger partial charge >= 0.3 is 0 Å². The number of nitrogen functional groups attached to an aromatic ring is 1. The molecule has 0 radical (unpaired) electrons. The fraction of sp³-hybridized carbons (Fsp3) is 0.167. The molecule has 17 heavy (non-hydrogen) atoms. The fourth-order valence-corrected chi connectivity index (χ4v) is 1.58. The molecule has 3 N–H and O–H groups in total. The second-order valence-corrected chi connectivity index (χ2v) is 3.70. The van der Waals surface area contributed by atoms with E-state index in [1.54, 1.807) is 6.07 Å². The summed E-state index contributed by atoms with van der Waals surface area (Å²) in [6, 6.07) is 11.8. The number of nitrogens with one attached hydrogen (secondary N) is 1. The highest BCUT2D eigenvalue weighted by Crippen LogP contribution is 2.22. The zero-order valence-corrected chi connectivity index (χ0v) is 9.88. The molecular formula is C12H15N5. The number of rotatable bonds is 3. The van der Waals surface area contributed by atoms with E-state index in [1.807, 2.05) is 49.2 Å². The summed E-state index contributed by atoms with van der Waals surface area (Å²) in [6.45, 7) is 1.84. The van der Waals surface area contributed by atoms with Crippen molar-refractivity contribution in [3.8, 4) is 0 Å². The van der Waals surface area contributed by atoms with Gasteiger partial charge in [0.05, 0.1) is 0 Å². The third-order valence-electron chi connectivity index (χ3n) is 2.46. The van der Waals surface area contributed by atoms with Gasteiger partial charge in [-0.05, 0) is 19.1 Å². The summed E-state index contributed by atoms with van der Waals surface area (Å²) in [7, 11) is 1.96. The molecule has 0 aliphatic rings. The van der Waals surface area contributed by atoms with Crippen LogP contribution in [-0.2, 0) is 0 Å². The van der Waals surface area contributed by atoms with E-state index >= 15 is 0 Å². The number of aryl methyl sites for hydroxylation is 1. The lowest BCUT2D eigenvalue weighted by atomic mass is 10.3. The normalized spacial score (nSPS) is 10.1. The first kappa shape index (κ1) is 11.3. The van der Waals surface area contributed by atoms with Gasteiger partial charge in [0.1, 0.15) is 17.5 Å². The minimum atomic E-state index is 0.607. The monoisotopic (exact) mass is 229 g/mol. The maximum absolute atomic E-state index is 5.37. The predicted octanol–water partition coefficient (Wildman–Crippen LogP) is 1.84. The van der Waals surface area contributed by atoms with Crippen molar-refractivity contribution in [2.75, 3.05) is 17.4 Å². The van der Waals surface area contributed by atoms with Crippen LogP contribution in [0.5, 0.6) is 0 Å². The molecule has 1 heterocycles. The Kier molecular flexibility index (Phi) is 3.20. The summed E-state index contributed by atoms with van der Waals surface area (Å²) in [5.74, 6) is 7.46. The van der Waals surface area contributed by atoms with Crippen LogP contribution in [0.25, 0.3) is 0 Å². The van der Waals surface area contributed by atoms with Crippen molar-refractivity contribution in [3.63, 3.8) is 0 Å². The van der Waals surface area contributed by atoms with Gasteiger partial charge in [-0.3, -0.25) is 0 Å². The van der Waals surface area contributed by atoms with Crippen LogP contribution in [-0.4, -0.2) is 17.0 Å². The topological polar surface area (TPSA) is 67.1 Å². The zero-order chi connectivity index (χ0) is 12.3. The van der Waals surface area contributed by atoms with Crippen molar-refractivity contribution in [2.24, 2.45) is 5.84 Å². The van der Waals surface area contributed by atoms with E-state index in [0.717, 1.165) is 11.5 Å². The molecule has 2 aromatic rings. The average molecular weight is 229 g/mol. The lowest BCUT2D eigenvalue weighted by Gasteiger charge is -2.19. The summed E-state index contributed by atoms with van der Waals surface area (Å²) in [6.07, 6.45) is 0. The molecule has 0 unspecified atom stereocenters. The number of para-hydroxylation sites is 1. The number of hydrazine groups is 1. The van der Waals surface area contributed by atoms with Crippen molar-refractivity contribution < 1.29 is 0 Å². The summed E-state index contributed by atoms with van der Waals surface area (Å²) < 4.78 is 0. The summed E-state index contributed by atoms with van der Waals surface area (Å²) >= 11 is 0. The molecular weight excluding hydrogens is 214 g/mol. The molecule has 0 fully saturated rings. The molecule has 5 heteroatoms. The number of aromatic nitrogens is 2. The molecule has 0 bridgehead atoms. The van der Waals surface area contributed by atoms with Crippen molar-refractivity contribution in [1.29, 1.82) is 0 Å². The molecule has 0 aliphatic carbocycles. The highest BCUT2D eigenvalue weighted by atomic mass is 15.3. The van der Waals surface area contributed by atoms with Crippen LogP contribution in [0.4, 0.5) is 17.3 Å². The van der Waals surface area contributed by atoms with Crippen molar-refractivity contribution >= 4 is 17.3 Å². The summed E-state index contributed by atoms with van der Waals surface area (Å²) in [4.78, 5) is 10.5. The molecule has 0 amide bonds. The fourth-order valence-electron chi connectivity index (χ4n) is 1.58. The van der Waals surface area contributed by atoms with Crippen molar-refractivity contribution in [1.82, 2.24) is 9.97 Å². The first-order valence-electron chi connectivity index (χ1n) is 5.32. The maximum atomic E-state index is 5.37. The first-order chi connectivity index (χ1) is 8.20. The van der Waals surface area contributed by atoms with Gasteiger partial charge in [0.15, 0.2) is 0 Å². The van der Waals surface area contributed by atoms with Gasteiger partial charge in [-0.1, -0.05) is 18.2 Å². The highest BCUT2D eigenvalue weighted by molar-refractivity contribution is 5.61. The third kappa shape index (κ3) is 2.51. The maximum Gasteiger partial charge on any atom is 0.145 e. The average Bonchev–Trinajstić information content (AvgIpc) is 2.38. The number of anilines is 3. The quantitative estimate of drug-likeness (QED) is 0.621. The number of nitrogens with zero attached hydrogens (tertiary/aromatic N) is 3. The van der Waals surface area contributed by atoms with E-state index in [1.165, 1.54) is 0 Å². The number of benzene rings is 1. The molecule has 0 spiro atoms. The van der Waals surface area contributed by atoms with Crippen LogP contribution in [0.3, 0.4) is 0 Å². The summed E-state index contributed by atoms with van der Waals surface area (Å²) in [5, 5.41) is 0. The van der Waals surface area contributed by atoms with E-state index in [0.29, 0.717) is 11.6 Å². The van der Waals surface area contributed by atoms with Crippen LogP contribution in [0, 0.1) is 6.92 Å². The van der Waals surface area contributed by atoms with Crippen LogP contribution in [0.1, 0.15) is 5.82 Å². The van der Waals surface area contributed by atoms with Crippen LogP contribution >= 0.6 is 0 Å². The molecule has 5 nitrogen and oxygen atoms in total. The Morgan fingerprint density at radius 3 is 2.53 bits per heavy atom. The van der Waals surface area contributed by atoms with E-state index in [4.69, 9.17) is 5.84 Å². The second-order valence-electron chi connectivity index (χ2n) is 3.70. The van der Waals surface area contributed by atoms with Crippen molar-refractivity contribution in [2.45, 2.75) is 6.92 Å². The van der Waals surface area contributed by atoms with E-state index in [2.05, 4.69) is 15.4 Å². The zero-order valence-electron chi connectivity index (χ0n) is 9.88. The molecule has 0 saturated heterocycles. The van der Waals surface area contributed by atoms with Crippen molar-refractivity contribution in [3.05, 3.63) is 42.2 Å². The largest absolute Gasteiger partial charge is 0.329 e. The number of hydrogen-bond acceptors (Lipinski definition) is 5.